The van der Waals surface area contributed by atoms with E-state index in [4.69, 9.17) is 16.3 Å². The van der Waals surface area contributed by atoms with Crippen LogP contribution >= 0.6 is 27.5 Å². The summed E-state index contributed by atoms with van der Waals surface area (Å²) in [5.41, 5.74) is 2.45. The zero-order valence-electron chi connectivity index (χ0n) is 9.93. The van der Waals surface area contributed by atoms with E-state index in [2.05, 4.69) is 29.4 Å². The fourth-order valence-electron chi connectivity index (χ4n) is 2.09. The van der Waals surface area contributed by atoms with E-state index in [1.165, 1.54) is 11.1 Å². The van der Waals surface area contributed by atoms with Crippen LogP contribution in [0.1, 0.15) is 18.1 Å². The SMILES string of the molecule is C=CC(C)(CBr)Cc1cc(Cl)cc2c1OCC2. The number of rotatable bonds is 4. The van der Waals surface area contributed by atoms with Gasteiger partial charge in [0, 0.05) is 16.8 Å². The molecule has 0 saturated heterocycles. The van der Waals surface area contributed by atoms with Gasteiger partial charge in [-0.1, -0.05) is 40.5 Å². The van der Waals surface area contributed by atoms with Crippen LogP contribution in [-0.4, -0.2) is 11.9 Å². The van der Waals surface area contributed by atoms with Gasteiger partial charge in [-0.05, 0) is 35.1 Å². The first kappa shape index (κ1) is 13.0. The third-order valence-corrected chi connectivity index (χ3v) is 4.72. The second kappa shape index (κ2) is 5.03. The van der Waals surface area contributed by atoms with Crippen molar-refractivity contribution in [2.24, 2.45) is 5.41 Å². The predicted octanol–water partition coefficient (Wildman–Crippen LogP) is 4.40. The second-order valence-electron chi connectivity index (χ2n) is 4.82. The summed E-state index contributed by atoms with van der Waals surface area (Å²) in [7, 11) is 0. The zero-order valence-corrected chi connectivity index (χ0v) is 12.3. The average Bonchev–Trinajstić information content (AvgIpc) is 2.77. The van der Waals surface area contributed by atoms with Crippen LogP contribution in [0.25, 0.3) is 0 Å². The van der Waals surface area contributed by atoms with Crippen LogP contribution in [0.5, 0.6) is 5.75 Å². The summed E-state index contributed by atoms with van der Waals surface area (Å²) < 4.78 is 5.71. The number of halogens is 2. The minimum absolute atomic E-state index is 0.0321. The van der Waals surface area contributed by atoms with Gasteiger partial charge in [-0.2, -0.15) is 0 Å². The van der Waals surface area contributed by atoms with Gasteiger partial charge in [-0.15, -0.1) is 6.58 Å². The monoisotopic (exact) mass is 314 g/mol. The van der Waals surface area contributed by atoms with Gasteiger partial charge in [-0.25, -0.2) is 0 Å². The lowest BCUT2D eigenvalue weighted by Gasteiger charge is -2.24. The molecule has 1 aromatic rings. The maximum Gasteiger partial charge on any atom is 0.125 e. The number of hydrogen-bond donors (Lipinski definition) is 0. The fraction of sp³-hybridized carbons (Fsp3) is 0.429. The van der Waals surface area contributed by atoms with Crippen molar-refractivity contribution in [3.63, 3.8) is 0 Å². The minimum Gasteiger partial charge on any atom is -0.493 e. The molecule has 1 atom stereocenters. The number of alkyl halides is 1. The van der Waals surface area contributed by atoms with Crippen molar-refractivity contribution >= 4 is 27.5 Å². The molecule has 1 heterocycles. The highest BCUT2D eigenvalue weighted by molar-refractivity contribution is 9.09. The van der Waals surface area contributed by atoms with Crippen LogP contribution in [0.15, 0.2) is 24.8 Å². The Labute approximate surface area is 116 Å². The van der Waals surface area contributed by atoms with Gasteiger partial charge in [0.05, 0.1) is 6.61 Å². The number of fused-ring (bicyclic) bond motifs is 1. The van der Waals surface area contributed by atoms with Crippen LogP contribution in [0.3, 0.4) is 0 Å². The van der Waals surface area contributed by atoms with E-state index in [1.54, 1.807) is 0 Å². The molecule has 0 spiro atoms. The van der Waals surface area contributed by atoms with Crippen molar-refractivity contribution in [2.45, 2.75) is 19.8 Å². The van der Waals surface area contributed by atoms with Crippen LogP contribution < -0.4 is 4.74 Å². The highest BCUT2D eigenvalue weighted by Crippen LogP contribution is 2.37. The predicted molar refractivity (Wildman–Crippen MR) is 76.5 cm³/mol. The first-order valence-corrected chi connectivity index (χ1v) is 7.21. The van der Waals surface area contributed by atoms with E-state index in [1.807, 2.05) is 18.2 Å². The van der Waals surface area contributed by atoms with Gasteiger partial charge in [0.25, 0.3) is 0 Å². The van der Waals surface area contributed by atoms with Gasteiger partial charge >= 0.3 is 0 Å². The zero-order chi connectivity index (χ0) is 12.5. The molecule has 3 heteroatoms. The molecular formula is C14H16BrClO. The third kappa shape index (κ3) is 2.69. The molecule has 0 fully saturated rings. The average molecular weight is 316 g/mol. The maximum atomic E-state index is 6.15. The number of hydrogen-bond acceptors (Lipinski definition) is 1. The van der Waals surface area contributed by atoms with Crippen molar-refractivity contribution in [3.05, 3.63) is 40.9 Å². The van der Waals surface area contributed by atoms with E-state index in [9.17, 15) is 0 Å². The lowest BCUT2D eigenvalue weighted by molar-refractivity contribution is 0.349. The number of ether oxygens (including phenoxy) is 1. The van der Waals surface area contributed by atoms with Crippen molar-refractivity contribution in [1.29, 1.82) is 0 Å². The van der Waals surface area contributed by atoms with E-state index < -0.39 is 0 Å². The Morgan fingerprint density at radius 1 is 1.59 bits per heavy atom. The molecule has 0 N–H and O–H groups in total. The van der Waals surface area contributed by atoms with Crippen molar-refractivity contribution in [1.82, 2.24) is 0 Å². The smallest absolute Gasteiger partial charge is 0.125 e. The van der Waals surface area contributed by atoms with Crippen molar-refractivity contribution in [3.8, 4) is 5.75 Å². The molecule has 1 aromatic carbocycles. The van der Waals surface area contributed by atoms with E-state index in [-0.39, 0.29) is 5.41 Å². The molecule has 0 aliphatic carbocycles. The van der Waals surface area contributed by atoms with Crippen LogP contribution in [0.2, 0.25) is 5.02 Å². The molecule has 1 nitrogen and oxygen atoms in total. The summed E-state index contributed by atoms with van der Waals surface area (Å²) >= 11 is 9.69. The van der Waals surface area contributed by atoms with Gasteiger partial charge in [-0.3, -0.25) is 0 Å². The molecule has 0 saturated carbocycles. The van der Waals surface area contributed by atoms with Crippen molar-refractivity contribution < 1.29 is 4.74 Å². The van der Waals surface area contributed by atoms with Gasteiger partial charge in [0.2, 0.25) is 0 Å². The number of allylic oxidation sites excluding steroid dienone is 1. The summed E-state index contributed by atoms with van der Waals surface area (Å²) in [6, 6.07) is 4.02. The molecule has 92 valence electrons. The number of benzene rings is 1. The Morgan fingerprint density at radius 3 is 3.00 bits per heavy atom. The summed E-state index contributed by atoms with van der Waals surface area (Å²) in [6.45, 7) is 6.86. The minimum atomic E-state index is 0.0321. The normalized spacial score (nSPS) is 17.1. The highest BCUT2D eigenvalue weighted by atomic mass is 79.9. The first-order chi connectivity index (χ1) is 8.08. The van der Waals surface area contributed by atoms with Gasteiger partial charge < -0.3 is 4.74 Å². The summed E-state index contributed by atoms with van der Waals surface area (Å²) in [5.74, 6) is 1.03. The first-order valence-electron chi connectivity index (χ1n) is 5.71. The summed E-state index contributed by atoms with van der Waals surface area (Å²) in [6.07, 6.45) is 3.84. The standard InChI is InChI=1S/C14H16BrClO/c1-3-14(2,9-15)8-11-7-12(16)6-10-4-5-17-13(10)11/h3,6-7H,1,4-5,8-9H2,2H3. The lowest BCUT2D eigenvalue weighted by atomic mass is 9.85. The Kier molecular flexibility index (Phi) is 3.84. The fourth-order valence-corrected chi connectivity index (χ4v) is 2.78. The lowest BCUT2D eigenvalue weighted by Crippen LogP contribution is -2.18. The molecule has 0 bridgehead atoms. The molecule has 0 radical (unpaired) electrons. The molecule has 1 aliphatic rings. The quantitative estimate of drug-likeness (QED) is 0.591. The molecule has 1 aliphatic heterocycles. The molecule has 0 aromatic heterocycles. The second-order valence-corrected chi connectivity index (χ2v) is 5.82. The molecule has 17 heavy (non-hydrogen) atoms. The van der Waals surface area contributed by atoms with E-state index >= 15 is 0 Å². The van der Waals surface area contributed by atoms with Crippen LogP contribution in [0, 0.1) is 5.41 Å². The Balaban J connectivity index is 2.36. The van der Waals surface area contributed by atoms with E-state index in [0.717, 1.165) is 35.6 Å². The van der Waals surface area contributed by atoms with Crippen LogP contribution in [0.4, 0.5) is 0 Å². The van der Waals surface area contributed by atoms with E-state index in [0.29, 0.717) is 0 Å². The molecule has 2 rings (SSSR count). The third-order valence-electron chi connectivity index (χ3n) is 3.22. The topological polar surface area (TPSA) is 9.23 Å². The molecule has 0 amide bonds. The Morgan fingerprint density at radius 2 is 2.35 bits per heavy atom. The van der Waals surface area contributed by atoms with Crippen LogP contribution in [-0.2, 0) is 12.8 Å². The van der Waals surface area contributed by atoms with Crippen molar-refractivity contribution in [2.75, 3.05) is 11.9 Å². The largest absolute Gasteiger partial charge is 0.493 e. The molecular weight excluding hydrogens is 300 g/mol. The summed E-state index contributed by atoms with van der Waals surface area (Å²) in [4.78, 5) is 0. The van der Waals surface area contributed by atoms with Gasteiger partial charge in [0.1, 0.15) is 5.75 Å². The summed E-state index contributed by atoms with van der Waals surface area (Å²) in [5, 5.41) is 1.68. The maximum absolute atomic E-state index is 6.15. The molecule has 1 unspecified atom stereocenters. The Hall–Kier alpha value is -0.470. The Bertz CT molecular complexity index is 444. The highest BCUT2D eigenvalue weighted by Gasteiger charge is 2.24. The van der Waals surface area contributed by atoms with Gasteiger partial charge in [0.15, 0.2) is 0 Å².